The van der Waals surface area contributed by atoms with Crippen LogP contribution >= 0.6 is 23.5 Å². The van der Waals surface area contributed by atoms with E-state index in [1.807, 2.05) is 23.5 Å². The highest BCUT2D eigenvalue weighted by molar-refractivity contribution is 8.00. The molecular formula is C38H30S2. The number of hydrogen-bond donors (Lipinski definition) is 0. The van der Waals surface area contributed by atoms with Crippen molar-refractivity contribution in [1.29, 1.82) is 0 Å². The Morgan fingerprint density at radius 3 is 1.32 bits per heavy atom. The summed E-state index contributed by atoms with van der Waals surface area (Å²) >= 11 is 3.68. The molecule has 6 aromatic carbocycles. The van der Waals surface area contributed by atoms with Crippen LogP contribution in [0.5, 0.6) is 0 Å². The lowest BCUT2D eigenvalue weighted by molar-refractivity contribution is 1.23. The van der Waals surface area contributed by atoms with Crippen molar-refractivity contribution in [2.24, 2.45) is 0 Å². The van der Waals surface area contributed by atoms with Gasteiger partial charge < -0.3 is 0 Å². The summed E-state index contributed by atoms with van der Waals surface area (Å²) in [6.45, 7) is 4.48. The van der Waals surface area contributed by atoms with Crippen molar-refractivity contribution in [3.63, 3.8) is 0 Å². The fourth-order valence-corrected chi connectivity index (χ4v) is 6.94. The largest absolute Gasteiger partial charge is 0.0898 e. The zero-order valence-electron chi connectivity index (χ0n) is 22.7. The van der Waals surface area contributed by atoms with Gasteiger partial charge in [0.05, 0.1) is 0 Å². The van der Waals surface area contributed by atoms with E-state index in [9.17, 15) is 0 Å². The monoisotopic (exact) mass is 550 g/mol. The number of aryl methyl sites for hydroxylation is 1. The summed E-state index contributed by atoms with van der Waals surface area (Å²) in [7, 11) is 0. The van der Waals surface area contributed by atoms with Gasteiger partial charge >= 0.3 is 0 Å². The van der Waals surface area contributed by atoms with Crippen LogP contribution < -0.4 is 0 Å². The lowest BCUT2D eigenvalue weighted by atomic mass is 9.96. The van der Waals surface area contributed by atoms with Gasteiger partial charge in [0.2, 0.25) is 0 Å². The molecule has 0 nitrogen and oxygen atoms in total. The average molecular weight is 551 g/mol. The molecule has 2 heteroatoms. The first-order valence-corrected chi connectivity index (χ1v) is 15.2. The third-order valence-electron chi connectivity index (χ3n) is 7.17. The fourth-order valence-electron chi connectivity index (χ4n) is 5.00. The third-order valence-corrected chi connectivity index (χ3v) is 9.41. The van der Waals surface area contributed by atoms with E-state index >= 15 is 0 Å². The van der Waals surface area contributed by atoms with Crippen LogP contribution in [0.4, 0.5) is 0 Å². The minimum atomic E-state index is 1.24. The molecule has 0 amide bonds. The highest BCUT2D eigenvalue weighted by Gasteiger charge is 2.16. The van der Waals surface area contributed by atoms with Crippen molar-refractivity contribution in [3.8, 4) is 33.4 Å². The molecule has 0 aliphatic heterocycles. The summed E-state index contributed by atoms with van der Waals surface area (Å²) in [5.41, 5.74) is 10.2. The van der Waals surface area contributed by atoms with E-state index in [0.717, 1.165) is 0 Å². The topological polar surface area (TPSA) is 0 Å². The number of rotatable bonds is 7. The SMILES string of the molecule is Cc1ccccc1-c1c(Sc2ccc(-c3ccccc3)cc2)ccc(Sc2ccc(-c3ccccc3)cc2)c1C. The maximum absolute atomic E-state index is 2.30. The van der Waals surface area contributed by atoms with Crippen LogP contribution in [-0.4, -0.2) is 0 Å². The maximum Gasteiger partial charge on any atom is 0.0204 e. The van der Waals surface area contributed by atoms with Crippen LogP contribution in [0.15, 0.2) is 165 Å². The molecule has 0 spiro atoms. The standard InChI is InChI=1S/C38H30S2/c1-27-11-9-10-16-35(27)38-28(2)36(39-33-21-17-31(18-22-33)29-12-5-3-6-13-29)25-26-37(38)40-34-23-19-32(20-24-34)30-14-7-4-8-15-30/h3-26H,1-2H3. The molecule has 0 heterocycles. The molecule has 40 heavy (non-hydrogen) atoms. The van der Waals surface area contributed by atoms with Crippen LogP contribution in [0, 0.1) is 13.8 Å². The number of hydrogen-bond acceptors (Lipinski definition) is 2. The molecule has 0 atom stereocenters. The summed E-state index contributed by atoms with van der Waals surface area (Å²) in [6, 6.07) is 52.3. The minimum Gasteiger partial charge on any atom is -0.0898 e. The van der Waals surface area contributed by atoms with E-state index in [1.54, 1.807) is 0 Å². The molecule has 0 aliphatic rings. The molecular weight excluding hydrogens is 521 g/mol. The van der Waals surface area contributed by atoms with E-state index in [-0.39, 0.29) is 0 Å². The summed E-state index contributed by atoms with van der Waals surface area (Å²) in [5.74, 6) is 0. The van der Waals surface area contributed by atoms with Crippen molar-refractivity contribution >= 4 is 23.5 Å². The Morgan fingerprint density at radius 1 is 0.375 bits per heavy atom. The van der Waals surface area contributed by atoms with Gasteiger partial charge in [-0.1, -0.05) is 133 Å². The van der Waals surface area contributed by atoms with Crippen LogP contribution in [-0.2, 0) is 0 Å². The molecule has 0 bridgehead atoms. The van der Waals surface area contributed by atoms with E-state index < -0.39 is 0 Å². The second-order valence-corrected chi connectivity index (χ2v) is 12.1. The van der Waals surface area contributed by atoms with Gasteiger partial charge in [-0.05, 0) is 94.8 Å². The normalized spacial score (nSPS) is 10.9. The Labute approximate surface area is 246 Å². The van der Waals surface area contributed by atoms with Gasteiger partial charge in [0, 0.05) is 19.6 Å². The van der Waals surface area contributed by atoms with E-state index in [2.05, 4.69) is 159 Å². The molecule has 0 saturated heterocycles. The van der Waals surface area contributed by atoms with Gasteiger partial charge in [0.1, 0.15) is 0 Å². The third kappa shape index (κ3) is 5.79. The lowest BCUT2D eigenvalue weighted by Gasteiger charge is -2.18. The summed E-state index contributed by atoms with van der Waals surface area (Å²) in [6.07, 6.45) is 0. The van der Waals surface area contributed by atoms with Gasteiger partial charge in [0.25, 0.3) is 0 Å². The molecule has 0 aromatic heterocycles. The summed E-state index contributed by atoms with van der Waals surface area (Å²) < 4.78 is 0. The van der Waals surface area contributed by atoms with Crippen molar-refractivity contribution in [1.82, 2.24) is 0 Å². The highest BCUT2D eigenvalue weighted by atomic mass is 32.2. The van der Waals surface area contributed by atoms with E-state index in [0.29, 0.717) is 0 Å². The van der Waals surface area contributed by atoms with Crippen LogP contribution in [0.2, 0.25) is 0 Å². The predicted molar refractivity (Wildman–Crippen MR) is 173 cm³/mol. The van der Waals surface area contributed by atoms with E-state index in [1.165, 1.54) is 64.1 Å². The zero-order chi connectivity index (χ0) is 27.3. The fraction of sp³-hybridized carbons (Fsp3) is 0.0526. The minimum absolute atomic E-state index is 1.24. The molecule has 0 N–H and O–H groups in total. The molecule has 0 unspecified atom stereocenters. The van der Waals surface area contributed by atoms with Gasteiger partial charge in [0.15, 0.2) is 0 Å². The molecule has 0 saturated carbocycles. The first-order chi connectivity index (χ1) is 19.7. The van der Waals surface area contributed by atoms with Crippen molar-refractivity contribution in [3.05, 3.63) is 157 Å². The molecule has 6 aromatic rings. The van der Waals surface area contributed by atoms with Gasteiger partial charge in [-0.15, -0.1) is 0 Å². The molecule has 0 fully saturated rings. The second-order valence-electron chi connectivity index (χ2n) is 9.86. The van der Waals surface area contributed by atoms with Gasteiger partial charge in [-0.2, -0.15) is 0 Å². The van der Waals surface area contributed by atoms with E-state index in [4.69, 9.17) is 0 Å². The van der Waals surface area contributed by atoms with Crippen LogP contribution in [0.25, 0.3) is 33.4 Å². The molecule has 0 aliphatic carbocycles. The van der Waals surface area contributed by atoms with Crippen LogP contribution in [0.3, 0.4) is 0 Å². The van der Waals surface area contributed by atoms with Crippen LogP contribution in [0.1, 0.15) is 11.1 Å². The zero-order valence-corrected chi connectivity index (χ0v) is 24.3. The Balaban J connectivity index is 1.32. The Bertz CT molecular complexity index is 1720. The summed E-state index contributed by atoms with van der Waals surface area (Å²) in [5, 5.41) is 0. The Kier molecular flexibility index (Phi) is 7.90. The van der Waals surface area contributed by atoms with Crippen molar-refractivity contribution < 1.29 is 0 Å². The quantitative estimate of drug-likeness (QED) is 0.194. The second kappa shape index (κ2) is 12.0. The van der Waals surface area contributed by atoms with Gasteiger partial charge in [-0.3, -0.25) is 0 Å². The molecule has 0 radical (unpaired) electrons. The Hall–Kier alpha value is -3.98. The number of benzene rings is 6. The average Bonchev–Trinajstić information content (AvgIpc) is 3.01. The van der Waals surface area contributed by atoms with Crippen molar-refractivity contribution in [2.45, 2.75) is 33.4 Å². The first-order valence-electron chi connectivity index (χ1n) is 13.5. The summed E-state index contributed by atoms with van der Waals surface area (Å²) in [4.78, 5) is 5.05. The van der Waals surface area contributed by atoms with Gasteiger partial charge in [-0.25, -0.2) is 0 Å². The first kappa shape index (κ1) is 26.3. The Morgan fingerprint density at radius 2 is 0.800 bits per heavy atom. The maximum atomic E-state index is 2.30. The smallest absolute Gasteiger partial charge is 0.0204 e. The molecule has 6 rings (SSSR count). The highest BCUT2D eigenvalue weighted by Crippen LogP contribution is 2.44. The predicted octanol–water partition coefficient (Wildman–Crippen LogP) is 11.6. The molecule has 194 valence electrons. The lowest BCUT2D eigenvalue weighted by Crippen LogP contribution is -1.93. The van der Waals surface area contributed by atoms with Crippen molar-refractivity contribution in [2.75, 3.05) is 0 Å².